The van der Waals surface area contributed by atoms with Crippen LogP contribution >= 0.6 is 0 Å². The van der Waals surface area contributed by atoms with Crippen LogP contribution in [0.5, 0.6) is 0 Å². The van der Waals surface area contributed by atoms with Gasteiger partial charge in [0.05, 0.1) is 0 Å². The summed E-state index contributed by atoms with van der Waals surface area (Å²) in [4.78, 5) is 41.6. The van der Waals surface area contributed by atoms with Crippen LogP contribution in [0, 0.1) is 5.92 Å². The Kier molecular flexibility index (Phi) is 10.7. The van der Waals surface area contributed by atoms with Crippen LogP contribution in [0.4, 0.5) is 4.79 Å². The number of amides is 3. The van der Waals surface area contributed by atoms with Gasteiger partial charge in [-0.2, -0.15) is 0 Å². The van der Waals surface area contributed by atoms with Gasteiger partial charge in [0.25, 0.3) is 0 Å². The summed E-state index contributed by atoms with van der Waals surface area (Å²) >= 11 is 0. The zero-order valence-corrected chi connectivity index (χ0v) is 22.6. The first kappa shape index (κ1) is 29.9. The molecule has 0 aromatic heterocycles. The Morgan fingerprint density at radius 2 is 1.74 bits per heavy atom. The molecule has 0 aliphatic heterocycles. The molecule has 1 rings (SSSR count). The van der Waals surface area contributed by atoms with Gasteiger partial charge in [-0.15, -0.1) is 6.58 Å². The molecule has 3 atom stereocenters. The largest absolute Gasteiger partial charge is 0.444 e. The van der Waals surface area contributed by atoms with E-state index in [0.29, 0.717) is 12.0 Å². The van der Waals surface area contributed by atoms with Crippen LogP contribution in [0.15, 0.2) is 43.5 Å². The molecule has 7 nitrogen and oxygen atoms in total. The Hall–Kier alpha value is -3.09. The maximum atomic E-state index is 14.0. The molecule has 0 spiro atoms. The van der Waals surface area contributed by atoms with Crippen molar-refractivity contribution in [3.63, 3.8) is 0 Å². The lowest BCUT2D eigenvalue weighted by atomic mass is 9.95. The van der Waals surface area contributed by atoms with Crippen molar-refractivity contribution >= 4 is 24.0 Å². The van der Waals surface area contributed by atoms with E-state index in [-0.39, 0.29) is 24.3 Å². The first-order valence-corrected chi connectivity index (χ1v) is 12.1. The number of nitrogens with one attached hydrogen (secondary N) is 2. The number of hydrogen-bond acceptors (Lipinski definition) is 4. The lowest BCUT2D eigenvalue weighted by molar-refractivity contribution is -0.143. The predicted molar refractivity (Wildman–Crippen MR) is 142 cm³/mol. The number of carbonyl (C=O) groups is 3. The molecule has 1 aromatic carbocycles. The van der Waals surface area contributed by atoms with E-state index in [4.69, 9.17) is 4.74 Å². The van der Waals surface area contributed by atoms with Gasteiger partial charge in [0.15, 0.2) is 0 Å². The van der Waals surface area contributed by atoms with Gasteiger partial charge in [0, 0.05) is 12.1 Å². The smallest absolute Gasteiger partial charge is 0.408 e. The molecule has 0 aliphatic rings. The molecule has 2 N–H and O–H groups in total. The Balaban J connectivity index is 3.55. The van der Waals surface area contributed by atoms with E-state index in [2.05, 4.69) is 23.8 Å². The SMILES string of the molecule is C=CCN(C(=O)C(NC(=O)OC(C)(C)C)C(C)CC)C(C(=O)NC(C)(C)C)c1cccc(C=C)c1. The molecule has 7 heteroatoms. The molecule has 0 radical (unpaired) electrons. The van der Waals surface area contributed by atoms with Crippen LogP contribution in [0.25, 0.3) is 6.08 Å². The molecule has 0 fully saturated rings. The minimum Gasteiger partial charge on any atom is -0.444 e. The number of nitrogens with zero attached hydrogens (tertiary/aromatic N) is 1. The number of rotatable bonds is 10. The quantitative estimate of drug-likeness (QED) is 0.444. The second-order valence-electron chi connectivity index (χ2n) is 10.8. The number of hydrogen-bond donors (Lipinski definition) is 2. The van der Waals surface area contributed by atoms with E-state index in [1.54, 1.807) is 32.9 Å². The fraction of sp³-hybridized carbons (Fsp3) is 0.536. The minimum atomic E-state index is -0.938. The number of alkyl carbamates (subject to hydrolysis) is 1. The molecule has 194 valence electrons. The van der Waals surface area contributed by atoms with Gasteiger partial charge in [-0.1, -0.05) is 57.2 Å². The molecule has 0 aliphatic carbocycles. The van der Waals surface area contributed by atoms with E-state index < -0.39 is 29.3 Å². The maximum Gasteiger partial charge on any atom is 0.408 e. The van der Waals surface area contributed by atoms with Crippen molar-refractivity contribution in [1.82, 2.24) is 15.5 Å². The summed E-state index contributed by atoms with van der Waals surface area (Å²) in [5, 5.41) is 5.74. The standard InChI is InChI=1S/C28H43N3O4/c1-11-17-31(25(33)22(19(4)12-2)29-26(34)35-28(8,9)10)23(24(32)30-27(5,6)7)21-16-14-15-20(13-3)18-21/h11,13-16,18-19,22-23H,1,3,12,17H2,2,4-10H3,(H,29,34)(H,30,32). The molecular weight excluding hydrogens is 442 g/mol. The van der Waals surface area contributed by atoms with E-state index in [1.165, 1.54) is 4.90 Å². The third-order valence-electron chi connectivity index (χ3n) is 5.28. The summed E-state index contributed by atoms with van der Waals surface area (Å²) in [6.45, 7) is 22.5. The van der Waals surface area contributed by atoms with Gasteiger partial charge < -0.3 is 20.3 Å². The molecule has 0 saturated heterocycles. The highest BCUT2D eigenvalue weighted by atomic mass is 16.6. The molecule has 3 unspecified atom stereocenters. The van der Waals surface area contributed by atoms with Crippen molar-refractivity contribution in [3.8, 4) is 0 Å². The lowest BCUT2D eigenvalue weighted by Crippen LogP contribution is -2.56. The number of carbonyl (C=O) groups excluding carboxylic acids is 3. The molecule has 0 saturated carbocycles. The Bertz CT molecular complexity index is 912. The van der Waals surface area contributed by atoms with Crippen molar-refractivity contribution in [2.45, 2.75) is 85.0 Å². The van der Waals surface area contributed by atoms with Crippen molar-refractivity contribution in [2.24, 2.45) is 5.92 Å². The summed E-state index contributed by atoms with van der Waals surface area (Å²) < 4.78 is 5.41. The Morgan fingerprint density at radius 1 is 1.11 bits per heavy atom. The summed E-state index contributed by atoms with van der Waals surface area (Å²) in [6.07, 6.45) is 3.22. The highest BCUT2D eigenvalue weighted by Gasteiger charge is 2.38. The molecule has 0 heterocycles. The third-order valence-corrected chi connectivity index (χ3v) is 5.28. The number of ether oxygens (including phenoxy) is 1. The highest BCUT2D eigenvalue weighted by Crippen LogP contribution is 2.26. The maximum absolute atomic E-state index is 14.0. The van der Waals surface area contributed by atoms with Crippen molar-refractivity contribution < 1.29 is 19.1 Å². The normalized spacial score (nSPS) is 14.2. The lowest BCUT2D eigenvalue weighted by Gasteiger charge is -2.36. The third kappa shape index (κ3) is 9.59. The van der Waals surface area contributed by atoms with E-state index in [9.17, 15) is 14.4 Å². The van der Waals surface area contributed by atoms with Crippen molar-refractivity contribution in [1.29, 1.82) is 0 Å². The number of benzene rings is 1. The van der Waals surface area contributed by atoms with Gasteiger partial charge >= 0.3 is 6.09 Å². The highest BCUT2D eigenvalue weighted by molar-refractivity contribution is 5.92. The van der Waals surface area contributed by atoms with E-state index in [1.807, 2.05) is 58.9 Å². The van der Waals surface area contributed by atoms with E-state index >= 15 is 0 Å². The summed E-state index contributed by atoms with van der Waals surface area (Å²) in [5.74, 6) is -0.912. The van der Waals surface area contributed by atoms with Gasteiger partial charge in [0.1, 0.15) is 17.7 Å². The fourth-order valence-electron chi connectivity index (χ4n) is 3.52. The fourth-order valence-corrected chi connectivity index (χ4v) is 3.52. The van der Waals surface area contributed by atoms with Crippen LogP contribution in [-0.4, -0.2) is 46.5 Å². The average molecular weight is 486 g/mol. The van der Waals surface area contributed by atoms with Crippen LogP contribution < -0.4 is 10.6 Å². The van der Waals surface area contributed by atoms with Crippen molar-refractivity contribution in [2.75, 3.05) is 6.54 Å². The van der Waals surface area contributed by atoms with Crippen LogP contribution in [0.3, 0.4) is 0 Å². The van der Waals surface area contributed by atoms with Gasteiger partial charge in [-0.3, -0.25) is 9.59 Å². The molecule has 0 bridgehead atoms. The Morgan fingerprint density at radius 3 is 2.23 bits per heavy atom. The Labute approximate surface area is 211 Å². The summed E-state index contributed by atoms with van der Waals surface area (Å²) in [7, 11) is 0. The van der Waals surface area contributed by atoms with Crippen LogP contribution in [0.1, 0.15) is 79.0 Å². The van der Waals surface area contributed by atoms with Crippen molar-refractivity contribution in [3.05, 3.63) is 54.6 Å². The zero-order valence-electron chi connectivity index (χ0n) is 22.6. The van der Waals surface area contributed by atoms with E-state index in [0.717, 1.165) is 5.56 Å². The second kappa shape index (κ2) is 12.6. The van der Waals surface area contributed by atoms with Crippen LogP contribution in [-0.2, 0) is 14.3 Å². The average Bonchev–Trinajstić information content (AvgIpc) is 2.73. The molecule has 35 heavy (non-hydrogen) atoms. The van der Waals surface area contributed by atoms with Gasteiger partial charge in [-0.25, -0.2) is 4.79 Å². The molecular formula is C28H43N3O4. The van der Waals surface area contributed by atoms with Gasteiger partial charge in [-0.05, 0) is 64.7 Å². The monoisotopic (exact) mass is 485 g/mol. The second-order valence-corrected chi connectivity index (χ2v) is 10.8. The van der Waals surface area contributed by atoms with Crippen LogP contribution in [0.2, 0.25) is 0 Å². The first-order valence-electron chi connectivity index (χ1n) is 12.1. The predicted octanol–water partition coefficient (Wildman–Crippen LogP) is 5.24. The summed E-state index contributed by atoms with van der Waals surface area (Å²) in [6, 6.07) is 5.52. The minimum absolute atomic E-state index is 0.113. The first-order chi connectivity index (χ1) is 16.1. The molecule has 1 aromatic rings. The molecule has 3 amide bonds. The van der Waals surface area contributed by atoms with Gasteiger partial charge in [0.2, 0.25) is 11.8 Å². The topological polar surface area (TPSA) is 87.7 Å². The zero-order chi connectivity index (χ0) is 27.0. The summed E-state index contributed by atoms with van der Waals surface area (Å²) in [5.41, 5.74) is 0.236.